The van der Waals surface area contributed by atoms with Crippen LogP contribution in [-0.4, -0.2) is 34.9 Å². The number of hydrogen-bond donors (Lipinski definition) is 1. The predicted octanol–water partition coefficient (Wildman–Crippen LogP) is 6.23. The zero-order valence-corrected chi connectivity index (χ0v) is 23.6. The highest BCUT2D eigenvalue weighted by molar-refractivity contribution is 7.13. The molecule has 8 heteroatoms. The number of ether oxygens (including phenoxy) is 2. The van der Waals surface area contributed by atoms with Crippen molar-refractivity contribution in [2.75, 3.05) is 13.2 Å². The number of benzene rings is 1. The van der Waals surface area contributed by atoms with Gasteiger partial charge in [-0.15, -0.1) is 11.3 Å². The van der Waals surface area contributed by atoms with Gasteiger partial charge < -0.3 is 14.8 Å². The van der Waals surface area contributed by atoms with Crippen LogP contribution in [0.5, 0.6) is 0 Å². The van der Waals surface area contributed by atoms with E-state index in [4.69, 9.17) is 14.6 Å². The van der Waals surface area contributed by atoms with Crippen LogP contribution in [0, 0.1) is 11.8 Å². The van der Waals surface area contributed by atoms with Crippen LogP contribution < -0.4 is 5.32 Å². The van der Waals surface area contributed by atoms with Crippen molar-refractivity contribution in [3.63, 3.8) is 0 Å². The maximum atomic E-state index is 13.6. The Morgan fingerprint density at radius 2 is 1.50 bits per heavy atom. The van der Waals surface area contributed by atoms with Gasteiger partial charge in [-0.2, -0.15) is 5.10 Å². The SMILES string of the molecule is CC1=C(C(=O)OCC(C)C)C(c2cn(-c3ccccc3)nc2-c2cccs2)C(C(=O)OCC(C)C)=C(C)N1. The van der Waals surface area contributed by atoms with E-state index in [1.54, 1.807) is 16.0 Å². The number of thiophene rings is 1. The highest BCUT2D eigenvalue weighted by atomic mass is 32.1. The number of carbonyl (C=O) groups is 2. The second-order valence-corrected chi connectivity index (χ2v) is 11.3. The lowest BCUT2D eigenvalue weighted by Gasteiger charge is -2.30. The minimum absolute atomic E-state index is 0.171. The van der Waals surface area contributed by atoms with E-state index in [-0.39, 0.29) is 25.0 Å². The van der Waals surface area contributed by atoms with Gasteiger partial charge in [0.05, 0.1) is 40.8 Å². The third-order valence-corrected chi connectivity index (χ3v) is 7.00. The van der Waals surface area contributed by atoms with Gasteiger partial charge in [0.25, 0.3) is 0 Å². The smallest absolute Gasteiger partial charge is 0.336 e. The van der Waals surface area contributed by atoms with Crippen LogP contribution >= 0.6 is 11.3 Å². The summed E-state index contributed by atoms with van der Waals surface area (Å²) in [5.74, 6) is -1.29. The summed E-state index contributed by atoms with van der Waals surface area (Å²) in [4.78, 5) is 28.1. The van der Waals surface area contributed by atoms with Gasteiger partial charge in [0, 0.05) is 23.2 Å². The summed E-state index contributed by atoms with van der Waals surface area (Å²) in [6.45, 7) is 12.2. The third kappa shape index (κ3) is 5.91. The Labute approximate surface area is 228 Å². The number of para-hydroxylation sites is 1. The Hall–Kier alpha value is -3.65. The summed E-state index contributed by atoms with van der Waals surface area (Å²) in [6, 6.07) is 13.7. The van der Waals surface area contributed by atoms with E-state index < -0.39 is 17.9 Å². The van der Waals surface area contributed by atoms with Crippen molar-refractivity contribution in [2.45, 2.75) is 47.5 Å². The molecule has 3 heterocycles. The first kappa shape index (κ1) is 27.4. The van der Waals surface area contributed by atoms with E-state index in [1.165, 1.54) is 0 Å². The number of nitrogens with zero attached hydrogens (tertiary/aromatic N) is 2. The lowest BCUT2D eigenvalue weighted by Crippen LogP contribution is -2.33. The molecule has 3 aromatic rings. The number of hydrogen-bond acceptors (Lipinski definition) is 7. The molecule has 0 atom stereocenters. The maximum absolute atomic E-state index is 13.6. The highest BCUT2D eigenvalue weighted by Crippen LogP contribution is 2.44. The zero-order valence-electron chi connectivity index (χ0n) is 22.8. The molecule has 1 aliphatic heterocycles. The van der Waals surface area contributed by atoms with Gasteiger partial charge in [-0.25, -0.2) is 14.3 Å². The monoisotopic (exact) mass is 533 g/mol. The van der Waals surface area contributed by atoms with Crippen LogP contribution in [0.25, 0.3) is 16.3 Å². The second-order valence-electron chi connectivity index (χ2n) is 10.3. The summed E-state index contributed by atoms with van der Waals surface area (Å²) in [6.07, 6.45) is 1.91. The van der Waals surface area contributed by atoms with E-state index in [0.29, 0.717) is 28.2 Å². The van der Waals surface area contributed by atoms with Crippen molar-refractivity contribution in [3.8, 4) is 16.3 Å². The molecule has 7 nitrogen and oxygen atoms in total. The molecule has 1 N–H and O–H groups in total. The first-order chi connectivity index (χ1) is 18.2. The highest BCUT2D eigenvalue weighted by Gasteiger charge is 2.40. The van der Waals surface area contributed by atoms with Crippen LogP contribution in [-0.2, 0) is 19.1 Å². The van der Waals surface area contributed by atoms with Crippen LogP contribution in [0.2, 0.25) is 0 Å². The molecule has 0 unspecified atom stereocenters. The normalized spacial score (nSPS) is 14.3. The van der Waals surface area contributed by atoms with Crippen molar-refractivity contribution >= 4 is 23.3 Å². The van der Waals surface area contributed by atoms with Gasteiger partial charge >= 0.3 is 11.9 Å². The van der Waals surface area contributed by atoms with Gasteiger partial charge in [0.2, 0.25) is 0 Å². The van der Waals surface area contributed by atoms with E-state index in [2.05, 4.69) is 5.32 Å². The number of rotatable bonds is 9. The van der Waals surface area contributed by atoms with E-state index in [9.17, 15) is 9.59 Å². The Bertz CT molecular complexity index is 1310. The molecule has 0 saturated heterocycles. The third-order valence-electron chi connectivity index (χ3n) is 6.12. The summed E-state index contributed by atoms with van der Waals surface area (Å²) in [7, 11) is 0. The number of nitrogens with one attached hydrogen (secondary N) is 1. The Morgan fingerprint density at radius 3 is 2.00 bits per heavy atom. The number of esters is 2. The molecule has 0 amide bonds. The van der Waals surface area contributed by atoms with Gasteiger partial charge in [-0.05, 0) is 49.3 Å². The molecule has 200 valence electrons. The summed E-state index contributed by atoms with van der Waals surface area (Å²) in [5.41, 5.74) is 4.39. The van der Waals surface area contributed by atoms with Gasteiger partial charge in [0.1, 0.15) is 5.69 Å². The molecule has 4 rings (SSSR count). The molecular formula is C30H35N3O4S. The van der Waals surface area contributed by atoms with Gasteiger partial charge in [-0.1, -0.05) is 52.0 Å². The summed E-state index contributed by atoms with van der Waals surface area (Å²) >= 11 is 1.56. The quantitative estimate of drug-likeness (QED) is 0.328. The van der Waals surface area contributed by atoms with Crippen LogP contribution in [0.1, 0.15) is 53.0 Å². The Kier molecular flexibility index (Phi) is 8.52. The Morgan fingerprint density at radius 1 is 0.921 bits per heavy atom. The topological polar surface area (TPSA) is 82.5 Å². The average Bonchev–Trinajstić information content (AvgIpc) is 3.56. The second kappa shape index (κ2) is 11.8. The fourth-order valence-electron chi connectivity index (χ4n) is 4.40. The molecule has 0 aliphatic carbocycles. The number of aromatic nitrogens is 2. The molecule has 0 spiro atoms. The Balaban J connectivity index is 1.92. The molecule has 2 aromatic heterocycles. The molecule has 0 saturated carbocycles. The maximum Gasteiger partial charge on any atom is 0.336 e. The van der Waals surface area contributed by atoms with Crippen molar-refractivity contribution in [3.05, 3.63) is 82.1 Å². The fourth-order valence-corrected chi connectivity index (χ4v) is 5.13. The molecule has 38 heavy (non-hydrogen) atoms. The van der Waals surface area contributed by atoms with Gasteiger partial charge in [-0.3, -0.25) is 0 Å². The molecule has 0 fully saturated rings. The van der Waals surface area contributed by atoms with E-state index in [1.807, 2.05) is 95.6 Å². The first-order valence-electron chi connectivity index (χ1n) is 12.9. The van der Waals surface area contributed by atoms with Crippen LogP contribution in [0.3, 0.4) is 0 Å². The van der Waals surface area contributed by atoms with Gasteiger partial charge in [0.15, 0.2) is 0 Å². The van der Waals surface area contributed by atoms with Crippen molar-refractivity contribution in [1.29, 1.82) is 0 Å². The average molecular weight is 534 g/mol. The summed E-state index contributed by atoms with van der Waals surface area (Å²) in [5, 5.41) is 10.2. The molecule has 1 aromatic carbocycles. The largest absolute Gasteiger partial charge is 0.462 e. The van der Waals surface area contributed by atoms with Crippen molar-refractivity contribution in [2.24, 2.45) is 11.8 Å². The molecule has 0 radical (unpaired) electrons. The standard InChI is InChI=1S/C30H35N3O4S/c1-18(2)16-36-29(34)25-20(5)31-21(6)26(30(35)37-17-19(3)4)27(25)23-15-33(22-11-8-7-9-12-22)32-28(23)24-13-10-14-38-24/h7-15,18-19,27,31H,16-17H2,1-6H3. The number of dihydropyridines is 1. The molecule has 0 bridgehead atoms. The van der Waals surface area contributed by atoms with E-state index in [0.717, 1.165) is 16.1 Å². The van der Waals surface area contributed by atoms with Crippen molar-refractivity contribution in [1.82, 2.24) is 15.1 Å². The molecule has 1 aliphatic rings. The number of allylic oxidation sites excluding steroid dienone is 2. The lowest BCUT2D eigenvalue weighted by molar-refractivity contribution is -0.141. The predicted molar refractivity (Wildman–Crippen MR) is 150 cm³/mol. The van der Waals surface area contributed by atoms with Crippen molar-refractivity contribution < 1.29 is 19.1 Å². The summed E-state index contributed by atoms with van der Waals surface area (Å²) < 4.78 is 13.2. The molecular weight excluding hydrogens is 498 g/mol. The zero-order chi connectivity index (χ0) is 27.4. The lowest BCUT2D eigenvalue weighted by atomic mass is 9.80. The van der Waals surface area contributed by atoms with Crippen LogP contribution in [0.4, 0.5) is 0 Å². The first-order valence-corrected chi connectivity index (χ1v) is 13.8. The van der Waals surface area contributed by atoms with Crippen LogP contribution in [0.15, 0.2) is 76.6 Å². The minimum atomic E-state index is -0.717. The number of carbonyl (C=O) groups excluding carboxylic acids is 2. The fraction of sp³-hybridized carbons (Fsp3) is 0.367. The minimum Gasteiger partial charge on any atom is -0.462 e. The van der Waals surface area contributed by atoms with E-state index >= 15 is 0 Å².